The highest BCUT2D eigenvalue weighted by Crippen LogP contribution is 2.34. The first kappa shape index (κ1) is 34.2. The standard InChI is InChI=1S/C25H24ClFN6O4S.C2H6O3S/c1-25(2)32-23(28)31-24(29)33(25)18-10-11-21(20(26)13-18)37-14-15-6-8-16(9-7-15)22(34)30-17-4-3-5-19(12-17)38(27,35)36;1-2-6(3,4)5/h3-13H,14H2,1-2H3,(H,30,34)(H4,28,29,31,32);2H2,1H3,(H,3,4,5). The molecule has 13 nitrogen and oxygen atoms in total. The molecular weight excluding hydrogens is 639 g/mol. The number of rotatable bonds is 8. The summed E-state index contributed by atoms with van der Waals surface area (Å²) >= 11 is 6.46. The molecule has 3 aromatic carbocycles. The number of hydrogen-bond donors (Lipinski definition) is 4. The van der Waals surface area contributed by atoms with Crippen molar-refractivity contribution < 1.29 is 34.8 Å². The minimum Gasteiger partial charge on any atom is -0.487 e. The number of ether oxygens (including phenoxy) is 1. The highest BCUT2D eigenvalue weighted by molar-refractivity contribution is 7.86. The molecule has 0 aromatic heterocycles. The van der Waals surface area contributed by atoms with Crippen LogP contribution >= 0.6 is 11.6 Å². The van der Waals surface area contributed by atoms with Crippen molar-refractivity contribution in [3.63, 3.8) is 0 Å². The van der Waals surface area contributed by atoms with Crippen LogP contribution in [0, 0.1) is 0 Å². The number of nitrogens with one attached hydrogen (secondary N) is 1. The number of hydrogen-bond acceptors (Lipinski definition) is 11. The van der Waals surface area contributed by atoms with Crippen molar-refractivity contribution in [1.29, 1.82) is 0 Å². The quantitative estimate of drug-likeness (QED) is 0.201. The third-order valence-corrected chi connectivity index (χ3v) is 7.76. The van der Waals surface area contributed by atoms with Gasteiger partial charge in [0.05, 0.1) is 10.8 Å². The van der Waals surface area contributed by atoms with Gasteiger partial charge in [0.2, 0.25) is 11.9 Å². The highest BCUT2D eigenvalue weighted by atomic mass is 35.5. The van der Waals surface area contributed by atoms with Crippen molar-refractivity contribution in [3.05, 3.63) is 82.9 Å². The summed E-state index contributed by atoms with van der Waals surface area (Å²) in [7, 11) is -8.54. The van der Waals surface area contributed by atoms with Gasteiger partial charge in [0.1, 0.15) is 22.9 Å². The summed E-state index contributed by atoms with van der Waals surface area (Å²) in [5.74, 6) is 0.0380. The fourth-order valence-electron chi connectivity index (χ4n) is 3.84. The van der Waals surface area contributed by atoms with E-state index in [2.05, 4.69) is 15.3 Å². The summed E-state index contributed by atoms with van der Waals surface area (Å²) in [5, 5.41) is 2.89. The third kappa shape index (κ3) is 9.37. The first-order valence-corrected chi connectivity index (χ1v) is 16.1. The lowest BCUT2D eigenvalue weighted by Crippen LogP contribution is -2.54. The van der Waals surface area contributed by atoms with Crippen molar-refractivity contribution in [2.24, 2.45) is 21.5 Å². The van der Waals surface area contributed by atoms with E-state index in [1.54, 1.807) is 47.4 Å². The van der Waals surface area contributed by atoms with E-state index in [-0.39, 0.29) is 30.0 Å². The maximum Gasteiger partial charge on any atom is 0.332 e. The molecule has 0 bridgehead atoms. The van der Waals surface area contributed by atoms with E-state index in [1.807, 2.05) is 13.8 Å². The Morgan fingerprint density at radius 3 is 2.25 bits per heavy atom. The lowest BCUT2D eigenvalue weighted by atomic mass is 10.1. The number of benzene rings is 3. The molecule has 1 amide bonds. The van der Waals surface area contributed by atoms with Crippen LogP contribution in [-0.4, -0.2) is 50.6 Å². The molecule has 1 aliphatic rings. The van der Waals surface area contributed by atoms with Crippen molar-refractivity contribution >= 4 is 61.1 Å². The van der Waals surface area contributed by atoms with Gasteiger partial charge in [0, 0.05) is 16.9 Å². The molecule has 0 atom stereocenters. The number of anilines is 2. The van der Waals surface area contributed by atoms with Crippen molar-refractivity contribution in [1.82, 2.24) is 0 Å². The van der Waals surface area contributed by atoms with Crippen LogP contribution in [0.3, 0.4) is 0 Å². The summed E-state index contributed by atoms with van der Waals surface area (Å²) in [6.07, 6.45) is 0. The molecule has 0 saturated carbocycles. The summed E-state index contributed by atoms with van der Waals surface area (Å²) in [6, 6.07) is 16.7. The molecule has 3 aromatic rings. The number of halogens is 2. The number of nitrogens with zero attached hydrogens (tertiary/aromatic N) is 3. The van der Waals surface area contributed by atoms with Crippen molar-refractivity contribution in [2.75, 3.05) is 16.0 Å². The van der Waals surface area contributed by atoms with Crippen LogP contribution < -0.4 is 26.4 Å². The van der Waals surface area contributed by atoms with E-state index in [4.69, 9.17) is 32.4 Å². The van der Waals surface area contributed by atoms with Gasteiger partial charge in [0.15, 0.2) is 0 Å². The normalized spacial score (nSPS) is 14.5. The minimum atomic E-state index is -4.88. The van der Waals surface area contributed by atoms with Crippen LogP contribution in [0.25, 0.3) is 0 Å². The Hall–Kier alpha value is -4.25. The zero-order chi connectivity index (χ0) is 32.9. The first-order valence-electron chi connectivity index (χ1n) is 12.7. The molecule has 0 saturated heterocycles. The number of carbonyl (C=O) groups excluding carboxylic acids is 1. The molecule has 1 aliphatic heterocycles. The molecule has 0 radical (unpaired) electrons. The Kier molecular flexibility index (Phi) is 10.6. The maximum atomic E-state index is 13.2. The summed E-state index contributed by atoms with van der Waals surface area (Å²) in [5.41, 5.74) is 12.9. The summed E-state index contributed by atoms with van der Waals surface area (Å²) in [6.45, 7) is 5.23. The second kappa shape index (κ2) is 13.6. The molecule has 6 N–H and O–H groups in total. The predicted molar refractivity (Wildman–Crippen MR) is 167 cm³/mol. The van der Waals surface area contributed by atoms with Gasteiger partial charge >= 0.3 is 10.2 Å². The van der Waals surface area contributed by atoms with Gasteiger partial charge in [-0.3, -0.25) is 14.2 Å². The molecule has 0 fully saturated rings. The number of carbonyl (C=O) groups is 1. The van der Waals surface area contributed by atoms with E-state index in [0.717, 1.165) is 17.7 Å². The van der Waals surface area contributed by atoms with Gasteiger partial charge in [-0.1, -0.05) is 29.8 Å². The Morgan fingerprint density at radius 1 is 1.07 bits per heavy atom. The average Bonchev–Trinajstić information content (AvgIpc) is 2.91. The van der Waals surface area contributed by atoms with E-state index in [1.165, 1.54) is 19.1 Å². The number of aliphatic imine (C=N–C) groups is 2. The fraction of sp³-hybridized carbons (Fsp3) is 0.222. The average molecular weight is 669 g/mol. The van der Waals surface area contributed by atoms with Gasteiger partial charge in [-0.05, 0) is 74.9 Å². The van der Waals surface area contributed by atoms with Crippen molar-refractivity contribution in [3.8, 4) is 5.75 Å². The molecule has 1 heterocycles. The second-order valence-electron chi connectivity index (χ2n) is 9.66. The van der Waals surface area contributed by atoms with Crippen LogP contribution in [0.2, 0.25) is 5.02 Å². The smallest absolute Gasteiger partial charge is 0.332 e. The van der Waals surface area contributed by atoms with Crippen LogP contribution in [-0.2, 0) is 26.9 Å². The number of guanidine groups is 2. The van der Waals surface area contributed by atoms with Crippen LogP contribution in [0.5, 0.6) is 5.75 Å². The molecule has 0 spiro atoms. The van der Waals surface area contributed by atoms with Crippen molar-refractivity contribution in [2.45, 2.75) is 37.9 Å². The van der Waals surface area contributed by atoms with E-state index in [0.29, 0.717) is 22.0 Å². The number of amides is 1. The Bertz CT molecular complexity index is 1820. The predicted octanol–water partition coefficient (Wildman–Crippen LogP) is 3.91. The first-order chi connectivity index (χ1) is 20.4. The molecule has 0 unspecified atom stereocenters. The molecule has 17 heteroatoms. The lowest BCUT2D eigenvalue weighted by molar-refractivity contribution is 0.102. The molecule has 4 rings (SSSR count). The Morgan fingerprint density at radius 2 is 1.70 bits per heavy atom. The van der Waals surface area contributed by atoms with Crippen LogP contribution in [0.15, 0.2) is 81.6 Å². The topological polar surface area (TPSA) is 207 Å². The third-order valence-electron chi connectivity index (χ3n) is 5.92. The Labute approximate surface area is 259 Å². The van der Waals surface area contributed by atoms with Gasteiger partial charge in [-0.2, -0.15) is 21.8 Å². The highest BCUT2D eigenvalue weighted by Gasteiger charge is 2.33. The molecular formula is C27H30ClFN6O7S2. The summed E-state index contributed by atoms with van der Waals surface area (Å²) < 4.78 is 68.1. The van der Waals surface area contributed by atoms with Gasteiger partial charge in [-0.25, -0.2) is 4.99 Å². The minimum absolute atomic E-state index is 0.0970. The Balaban J connectivity index is 0.000000801. The second-order valence-corrected chi connectivity index (χ2v) is 13.2. The monoisotopic (exact) mass is 668 g/mol. The zero-order valence-electron chi connectivity index (χ0n) is 23.7. The summed E-state index contributed by atoms with van der Waals surface area (Å²) in [4.78, 5) is 22.0. The molecule has 44 heavy (non-hydrogen) atoms. The van der Waals surface area contributed by atoms with Gasteiger partial charge in [0.25, 0.3) is 16.0 Å². The fourth-order valence-corrected chi connectivity index (χ4v) is 4.58. The van der Waals surface area contributed by atoms with Gasteiger partial charge in [-0.15, -0.1) is 3.89 Å². The van der Waals surface area contributed by atoms with E-state index < -0.39 is 36.8 Å². The van der Waals surface area contributed by atoms with E-state index >= 15 is 0 Å². The van der Waals surface area contributed by atoms with Gasteiger partial charge < -0.3 is 21.5 Å². The van der Waals surface area contributed by atoms with E-state index in [9.17, 15) is 25.5 Å². The maximum absolute atomic E-state index is 13.2. The molecule has 0 aliphatic carbocycles. The SMILES string of the molecule is CC1(C)N=C(N)N=C(N)N1c1ccc(OCc2ccc(C(=O)Nc3cccc(S(=O)(=O)F)c3)cc2)c(Cl)c1.CCS(=O)(=O)O. The molecule has 236 valence electrons. The van der Waals surface area contributed by atoms with Crippen LogP contribution in [0.4, 0.5) is 15.3 Å². The largest absolute Gasteiger partial charge is 0.487 e. The number of nitrogens with two attached hydrogens (primary N) is 2. The van der Waals surface area contributed by atoms with Crippen LogP contribution in [0.1, 0.15) is 36.7 Å². The lowest BCUT2D eigenvalue weighted by Gasteiger charge is -2.38. The zero-order valence-corrected chi connectivity index (χ0v) is 26.1.